The quantitative estimate of drug-likeness (QED) is 0.694. The average Bonchev–Trinajstić information content (AvgIpc) is 2.48. The number of piperidine rings is 1. The first-order valence-electron chi connectivity index (χ1n) is 7.55. The molecule has 0 spiro atoms. The van der Waals surface area contributed by atoms with Crippen molar-refractivity contribution < 1.29 is 9.90 Å². The smallest absolute Gasteiger partial charge is 0.220 e. The lowest BCUT2D eigenvalue weighted by Gasteiger charge is -2.33. The predicted octanol–water partition coefficient (Wildman–Crippen LogP) is 0.115. The number of hydrogen-bond donors (Lipinski definition) is 3. The molecule has 0 radical (unpaired) electrons. The highest BCUT2D eigenvalue weighted by Gasteiger charge is 2.25. The first-order valence-corrected chi connectivity index (χ1v) is 7.55. The van der Waals surface area contributed by atoms with Gasteiger partial charge in [-0.15, -0.1) is 0 Å². The summed E-state index contributed by atoms with van der Waals surface area (Å²) in [5, 5.41) is 10.2. The molecular weight excluding hydrogens is 266 g/mol. The third-order valence-electron chi connectivity index (χ3n) is 4.24. The van der Waals surface area contributed by atoms with Crippen LogP contribution in [0.1, 0.15) is 18.4 Å². The van der Waals surface area contributed by atoms with Gasteiger partial charge in [0, 0.05) is 18.5 Å². The number of carbonyl (C=O) groups excluding carboxylic acids is 1. The van der Waals surface area contributed by atoms with Crippen LogP contribution in [0.2, 0.25) is 0 Å². The summed E-state index contributed by atoms with van der Waals surface area (Å²) in [6.45, 7) is 2.14. The molecule has 2 unspecified atom stereocenters. The maximum atomic E-state index is 11.1. The number of carbonyl (C=O) groups is 1. The summed E-state index contributed by atoms with van der Waals surface area (Å²) in [6.07, 6.45) is 1.65. The first-order chi connectivity index (χ1) is 10.1. The summed E-state index contributed by atoms with van der Waals surface area (Å²) in [7, 11) is 0. The topological polar surface area (TPSA) is 92.6 Å². The van der Waals surface area contributed by atoms with Gasteiger partial charge < -0.3 is 21.5 Å². The zero-order valence-electron chi connectivity index (χ0n) is 12.3. The van der Waals surface area contributed by atoms with E-state index in [1.807, 2.05) is 30.3 Å². The van der Waals surface area contributed by atoms with Gasteiger partial charge in [-0.25, -0.2) is 0 Å². The summed E-state index contributed by atoms with van der Waals surface area (Å²) in [5.41, 5.74) is 12.5. The van der Waals surface area contributed by atoms with Gasteiger partial charge in [0.2, 0.25) is 5.91 Å². The monoisotopic (exact) mass is 291 g/mol. The molecule has 5 N–H and O–H groups in total. The van der Waals surface area contributed by atoms with E-state index in [4.69, 9.17) is 11.5 Å². The Morgan fingerprint density at radius 1 is 1.29 bits per heavy atom. The number of nitrogens with zero attached hydrogens (tertiary/aromatic N) is 1. The minimum absolute atomic E-state index is 0.0172. The van der Waals surface area contributed by atoms with Crippen LogP contribution in [-0.4, -0.2) is 47.7 Å². The summed E-state index contributed by atoms with van der Waals surface area (Å²) in [4.78, 5) is 13.3. The van der Waals surface area contributed by atoms with Crippen LogP contribution in [0.25, 0.3) is 0 Å². The molecule has 1 aromatic carbocycles. The number of benzene rings is 1. The first kappa shape index (κ1) is 15.9. The number of β-amino-alcohol motifs (C(OH)–C–C–N with tert-alkyl or cyclic N) is 1. The predicted molar refractivity (Wildman–Crippen MR) is 82.5 cm³/mol. The van der Waals surface area contributed by atoms with Gasteiger partial charge in [-0.1, -0.05) is 30.3 Å². The van der Waals surface area contributed by atoms with Crippen molar-refractivity contribution in [3.05, 3.63) is 35.9 Å². The number of hydrogen-bond acceptors (Lipinski definition) is 4. The molecule has 5 heteroatoms. The maximum Gasteiger partial charge on any atom is 0.220 e. The number of amides is 1. The summed E-state index contributed by atoms with van der Waals surface area (Å²) >= 11 is 0. The van der Waals surface area contributed by atoms with E-state index >= 15 is 0 Å². The Bertz CT molecular complexity index is 444. The molecule has 21 heavy (non-hydrogen) atoms. The minimum Gasteiger partial charge on any atom is -0.390 e. The van der Waals surface area contributed by atoms with E-state index in [0.717, 1.165) is 31.5 Å². The molecule has 0 saturated carbocycles. The molecule has 0 aliphatic carbocycles. The molecule has 1 fully saturated rings. The van der Waals surface area contributed by atoms with Crippen LogP contribution in [0, 0.1) is 5.92 Å². The molecule has 0 bridgehead atoms. The number of aliphatic hydroxyl groups is 1. The lowest BCUT2D eigenvalue weighted by molar-refractivity contribution is -0.123. The van der Waals surface area contributed by atoms with Crippen molar-refractivity contribution in [2.24, 2.45) is 17.4 Å². The van der Waals surface area contributed by atoms with Crippen molar-refractivity contribution in [2.45, 2.75) is 31.4 Å². The van der Waals surface area contributed by atoms with Gasteiger partial charge in [0.15, 0.2) is 0 Å². The molecule has 1 aliphatic heterocycles. The normalized spacial score (nSPS) is 20.1. The lowest BCUT2D eigenvalue weighted by Crippen LogP contribution is -2.47. The van der Waals surface area contributed by atoms with Crippen molar-refractivity contribution >= 4 is 5.91 Å². The highest BCUT2D eigenvalue weighted by atomic mass is 16.3. The van der Waals surface area contributed by atoms with Crippen LogP contribution in [0.3, 0.4) is 0 Å². The van der Waals surface area contributed by atoms with Crippen molar-refractivity contribution in [1.29, 1.82) is 0 Å². The lowest BCUT2D eigenvalue weighted by atomic mass is 9.95. The fourth-order valence-corrected chi connectivity index (χ4v) is 2.82. The Labute approximate surface area is 125 Å². The second kappa shape index (κ2) is 7.54. The van der Waals surface area contributed by atoms with E-state index in [1.54, 1.807) is 0 Å². The second-order valence-corrected chi connectivity index (χ2v) is 5.90. The summed E-state index contributed by atoms with van der Waals surface area (Å²) in [5.74, 6) is -0.229. The molecule has 1 amide bonds. The molecule has 1 heterocycles. The molecule has 5 nitrogen and oxygen atoms in total. The second-order valence-electron chi connectivity index (χ2n) is 5.90. The zero-order valence-corrected chi connectivity index (χ0v) is 12.3. The molecule has 1 saturated heterocycles. The summed E-state index contributed by atoms with van der Waals surface area (Å²) < 4.78 is 0. The maximum absolute atomic E-state index is 11.1. The molecule has 1 aliphatic rings. The van der Waals surface area contributed by atoms with E-state index in [-0.39, 0.29) is 17.9 Å². The van der Waals surface area contributed by atoms with E-state index in [0.29, 0.717) is 13.0 Å². The van der Waals surface area contributed by atoms with E-state index in [1.165, 1.54) is 0 Å². The van der Waals surface area contributed by atoms with Crippen LogP contribution in [-0.2, 0) is 11.2 Å². The Morgan fingerprint density at radius 3 is 2.48 bits per heavy atom. The van der Waals surface area contributed by atoms with Gasteiger partial charge in [0.1, 0.15) is 0 Å². The molecular formula is C16H25N3O2. The number of primary amides is 1. The molecule has 1 aromatic rings. The van der Waals surface area contributed by atoms with E-state index in [9.17, 15) is 9.90 Å². The number of rotatable bonds is 6. The van der Waals surface area contributed by atoms with Crippen LogP contribution in [0.15, 0.2) is 30.3 Å². The van der Waals surface area contributed by atoms with Crippen LogP contribution in [0.4, 0.5) is 0 Å². The van der Waals surface area contributed by atoms with E-state index < -0.39 is 6.10 Å². The highest BCUT2D eigenvalue weighted by Crippen LogP contribution is 2.17. The summed E-state index contributed by atoms with van der Waals surface area (Å²) in [6, 6.07) is 9.68. The van der Waals surface area contributed by atoms with Gasteiger partial charge in [0.25, 0.3) is 0 Å². The Hall–Kier alpha value is -1.43. The highest BCUT2D eigenvalue weighted by molar-refractivity contribution is 5.76. The van der Waals surface area contributed by atoms with Gasteiger partial charge in [-0.2, -0.15) is 0 Å². The van der Waals surface area contributed by atoms with Gasteiger partial charge in [0.05, 0.1) is 6.10 Å². The van der Waals surface area contributed by atoms with Gasteiger partial charge in [-0.3, -0.25) is 4.79 Å². The Morgan fingerprint density at radius 2 is 1.90 bits per heavy atom. The molecule has 2 atom stereocenters. The molecule has 116 valence electrons. The zero-order chi connectivity index (χ0) is 15.2. The molecule has 0 aromatic heterocycles. The minimum atomic E-state index is -0.560. The van der Waals surface area contributed by atoms with Crippen LogP contribution < -0.4 is 11.5 Å². The molecule has 2 rings (SSSR count). The Kier molecular flexibility index (Phi) is 5.73. The van der Waals surface area contributed by atoms with Crippen LogP contribution in [0.5, 0.6) is 0 Å². The van der Waals surface area contributed by atoms with Crippen LogP contribution >= 0.6 is 0 Å². The van der Waals surface area contributed by atoms with E-state index in [2.05, 4.69) is 4.90 Å². The number of likely N-dealkylation sites (tertiary alicyclic amines) is 1. The Balaban J connectivity index is 1.76. The average molecular weight is 291 g/mol. The van der Waals surface area contributed by atoms with Gasteiger partial charge in [-0.05, 0) is 37.9 Å². The fraction of sp³-hybridized carbons (Fsp3) is 0.562. The fourth-order valence-electron chi connectivity index (χ4n) is 2.82. The number of aliphatic hydroxyl groups excluding tert-OH is 1. The van der Waals surface area contributed by atoms with Crippen molar-refractivity contribution in [1.82, 2.24) is 4.90 Å². The standard InChI is InChI=1S/C16H25N3O2/c17-14(10-12-4-2-1-3-5-12)15(20)11-19-8-6-13(7-9-19)16(18)21/h1-5,13-15,20H,6-11,17H2,(H2,18,21). The third kappa shape index (κ3) is 4.81. The number of nitrogens with two attached hydrogens (primary N) is 2. The van der Waals surface area contributed by atoms with Crippen molar-refractivity contribution in [3.8, 4) is 0 Å². The van der Waals surface area contributed by atoms with Crippen molar-refractivity contribution in [2.75, 3.05) is 19.6 Å². The largest absolute Gasteiger partial charge is 0.390 e. The SMILES string of the molecule is NC(=O)C1CCN(CC(O)C(N)Cc2ccccc2)CC1. The third-order valence-corrected chi connectivity index (χ3v) is 4.24. The van der Waals surface area contributed by atoms with Crippen molar-refractivity contribution in [3.63, 3.8) is 0 Å². The van der Waals surface area contributed by atoms with Gasteiger partial charge >= 0.3 is 0 Å².